The molecule has 1 aromatic rings. The van der Waals surface area contributed by atoms with Gasteiger partial charge in [0.15, 0.2) is 0 Å². The van der Waals surface area contributed by atoms with E-state index in [2.05, 4.69) is 15.6 Å². The van der Waals surface area contributed by atoms with Crippen LogP contribution in [0.15, 0.2) is 30.3 Å². The van der Waals surface area contributed by atoms with Crippen molar-refractivity contribution in [3.8, 4) is 0 Å². The van der Waals surface area contributed by atoms with Crippen molar-refractivity contribution in [2.45, 2.75) is 13.5 Å². The van der Waals surface area contributed by atoms with Crippen LogP contribution in [0.2, 0.25) is 0 Å². The summed E-state index contributed by atoms with van der Waals surface area (Å²) in [6, 6.07) is 10.0. The first-order valence-corrected chi connectivity index (χ1v) is 5.31. The number of hydrogen-bond acceptors (Lipinski definition) is 6. The molecule has 1 aromatic carbocycles. The third kappa shape index (κ3) is 9.46. The van der Waals surface area contributed by atoms with Crippen molar-refractivity contribution in [3.63, 3.8) is 0 Å². The van der Waals surface area contributed by atoms with E-state index in [-0.39, 0.29) is 12.5 Å². The molecule has 0 aliphatic carbocycles. The molecule has 0 bridgehead atoms. The summed E-state index contributed by atoms with van der Waals surface area (Å²) in [5, 5.41) is 0. The fraction of sp³-hybridized carbons (Fsp3) is 0.364. The van der Waals surface area contributed by atoms with Gasteiger partial charge < -0.3 is 4.74 Å². The normalized spacial score (nSPS) is 9.12. The minimum absolute atomic E-state index is 0.0772. The molecule has 17 heavy (non-hydrogen) atoms. The smallest absolute Gasteiger partial charge is 0.321 e. The van der Waals surface area contributed by atoms with Crippen LogP contribution in [0.4, 0.5) is 0 Å². The van der Waals surface area contributed by atoms with Gasteiger partial charge in [-0.3, -0.25) is 21.9 Å². The van der Waals surface area contributed by atoms with Gasteiger partial charge in [-0.1, -0.05) is 30.3 Å². The van der Waals surface area contributed by atoms with Gasteiger partial charge in [0, 0.05) is 6.54 Å². The molecule has 0 saturated carbocycles. The van der Waals surface area contributed by atoms with Gasteiger partial charge in [0.2, 0.25) is 0 Å². The zero-order valence-corrected chi connectivity index (χ0v) is 9.98. The predicted octanol–water partition coefficient (Wildman–Crippen LogP) is -0.337. The van der Waals surface area contributed by atoms with Crippen LogP contribution in [0.3, 0.4) is 0 Å². The summed E-state index contributed by atoms with van der Waals surface area (Å²) in [6.45, 7) is 2.96. The summed E-state index contributed by atoms with van der Waals surface area (Å²) in [5.74, 6) is 9.60. The lowest BCUT2D eigenvalue weighted by Crippen LogP contribution is -2.30. The molecule has 6 N–H and O–H groups in total. The maximum Gasteiger partial charge on any atom is 0.321 e. The molecule has 0 fully saturated rings. The molecule has 1 rings (SSSR count). The van der Waals surface area contributed by atoms with Gasteiger partial charge in [0.1, 0.15) is 6.54 Å². The Morgan fingerprint density at radius 1 is 1.24 bits per heavy atom. The maximum atomic E-state index is 10.3. The highest BCUT2D eigenvalue weighted by Gasteiger charge is 1.95. The number of carbonyl (C=O) groups is 1. The fourth-order valence-corrected chi connectivity index (χ4v) is 1.01. The molecular formula is C11H20N4O2. The summed E-state index contributed by atoms with van der Waals surface area (Å²) in [5.41, 5.74) is 5.97. The van der Waals surface area contributed by atoms with Gasteiger partial charge in [0.25, 0.3) is 0 Å². The van der Waals surface area contributed by atoms with Gasteiger partial charge >= 0.3 is 5.97 Å². The molecule has 0 saturated heterocycles. The number of nitrogens with two attached hydrogens (primary N) is 2. The molecule has 0 heterocycles. The number of carbonyl (C=O) groups excluding carboxylic acids is 1. The molecule has 6 heteroatoms. The average Bonchev–Trinajstić information content (AvgIpc) is 2.32. The minimum Gasteiger partial charge on any atom is -0.465 e. The van der Waals surface area contributed by atoms with Crippen molar-refractivity contribution in [1.29, 1.82) is 0 Å². The summed E-state index contributed by atoms with van der Waals surface area (Å²) >= 11 is 0. The highest BCUT2D eigenvalue weighted by atomic mass is 16.5. The Labute approximate surface area is 101 Å². The van der Waals surface area contributed by atoms with Crippen molar-refractivity contribution in [2.24, 2.45) is 11.7 Å². The lowest BCUT2D eigenvalue weighted by Gasteiger charge is -1.97. The van der Waals surface area contributed by atoms with Crippen LogP contribution in [0.25, 0.3) is 0 Å². The third-order valence-corrected chi connectivity index (χ3v) is 1.70. The van der Waals surface area contributed by atoms with E-state index < -0.39 is 0 Å². The molecule has 0 atom stereocenters. The molecule has 0 spiro atoms. The first-order chi connectivity index (χ1) is 8.24. The largest absolute Gasteiger partial charge is 0.465 e. The van der Waals surface area contributed by atoms with E-state index in [0.29, 0.717) is 6.61 Å². The van der Waals surface area contributed by atoms with Crippen LogP contribution in [0.1, 0.15) is 12.5 Å². The molecule has 0 aliphatic rings. The van der Waals surface area contributed by atoms with E-state index in [1.165, 1.54) is 5.56 Å². The molecule has 0 aliphatic heterocycles. The minimum atomic E-state index is -0.324. The highest BCUT2D eigenvalue weighted by Crippen LogP contribution is 1.95. The molecule has 0 aromatic heterocycles. The van der Waals surface area contributed by atoms with Crippen molar-refractivity contribution >= 4 is 5.97 Å². The number of hydrogen-bond donors (Lipinski definition) is 4. The van der Waals surface area contributed by atoms with Gasteiger partial charge in [-0.25, -0.2) is 5.43 Å². The Morgan fingerprint density at radius 2 is 1.88 bits per heavy atom. The lowest BCUT2D eigenvalue weighted by atomic mass is 10.2. The molecule has 0 radical (unpaired) electrons. The van der Waals surface area contributed by atoms with E-state index in [1.807, 2.05) is 30.3 Å². The van der Waals surface area contributed by atoms with Crippen LogP contribution >= 0.6 is 0 Å². The predicted molar refractivity (Wildman–Crippen MR) is 66.3 cm³/mol. The van der Waals surface area contributed by atoms with Crippen molar-refractivity contribution in [1.82, 2.24) is 10.9 Å². The standard InChI is InChI=1S/C7H10N2.C4H10N2O2/c8-9-6-7-4-2-1-3-5-7;1-2-8-4(7)3-6-5/h1-5,9H,6,8H2;6H,2-3,5H2,1H3. The topological polar surface area (TPSA) is 102 Å². The summed E-state index contributed by atoms with van der Waals surface area (Å²) in [6.07, 6.45) is 0. The van der Waals surface area contributed by atoms with Gasteiger partial charge in [-0.05, 0) is 12.5 Å². The van der Waals surface area contributed by atoms with E-state index in [1.54, 1.807) is 6.92 Å². The van der Waals surface area contributed by atoms with E-state index in [9.17, 15) is 4.79 Å². The molecule has 6 nitrogen and oxygen atoms in total. The van der Waals surface area contributed by atoms with Crippen LogP contribution < -0.4 is 22.5 Å². The quantitative estimate of drug-likeness (QED) is 0.319. The first-order valence-electron chi connectivity index (χ1n) is 5.31. The highest BCUT2D eigenvalue weighted by molar-refractivity contribution is 5.71. The monoisotopic (exact) mass is 240 g/mol. The van der Waals surface area contributed by atoms with Gasteiger partial charge in [-0.2, -0.15) is 0 Å². The van der Waals surface area contributed by atoms with E-state index >= 15 is 0 Å². The number of nitrogens with one attached hydrogen (secondary N) is 2. The molecule has 0 amide bonds. The zero-order valence-electron chi connectivity index (χ0n) is 9.98. The third-order valence-electron chi connectivity index (χ3n) is 1.70. The van der Waals surface area contributed by atoms with Crippen molar-refractivity contribution in [3.05, 3.63) is 35.9 Å². The zero-order chi connectivity index (χ0) is 12.9. The number of ether oxygens (including phenoxy) is 1. The second kappa shape index (κ2) is 11.0. The summed E-state index contributed by atoms with van der Waals surface area (Å²) < 4.78 is 4.50. The van der Waals surface area contributed by atoms with Crippen LogP contribution in [0.5, 0.6) is 0 Å². The summed E-state index contributed by atoms with van der Waals surface area (Å²) in [4.78, 5) is 10.3. The second-order valence-electron chi connectivity index (χ2n) is 3.05. The SMILES string of the molecule is CCOC(=O)CNN.NNCc1ccccc1. The number of benzene rings is 1. The molecule has 0 unspecified atom stereocenters. The van der Waals surface area contributed by atoms with E-state index in [0.717, 1.165) is 6.54 Å². The Morgan fingerprint density at radius 3 is 2.35 bits per heavy atom. The Hall–Kier alpha value is -1.47. The number of rotatable bonds is 5. The van der Waals surface area contributed by atoms with Crippen molar-refractivity contribution < 1.29 is 9.53 Å². The molecular weight excluding hydrogens is 220 g/mol. The van der Waals surface area contributed by atoms with Gasteiger partial charge in [-0.15, -0.1) is 0 Å². The second-order valence-corrected chi connectivity index (χ2v) is 3.05. The Balaban J connectivity index is 0.000000304. The molecule has 96 valence electrons. The number of esters is 1. The fourth-order valence-electron chi connectivity index (χ4n) is 1.01. The number of hydrazine groups is 2. The van der Waals surface area contributed by atoms with E-state index in [4.69, 9.17) is 11.7 Å². The average molecular weight is 240 g/mol. The lowest BCUT2D eigenvalue weighted by molar-refractivity contribution is -0.141. The first kappa shape index (κ1) is 15.5. The maximum absolute atomic E-state index is 10.3. The van der Waals surface area contributed by atoms with Crippen LogP contribution in [0, 0.1) is 0 Å². The van der Waals surface area contributed by atoms with Gasteiger partial charge in [0.05, 0.1) is 6.61 Å². The Kier molecular flexibility index (Phi) is 10.1. The summed E-state index contributed by atoms with van der Waals surface area (Å²) in [7, 11) is 0. The van der Waals surface area contributed by atoms with Crippen LogP contribution in [-0.4, -0.2) is 19.1 Å². The van der Waals surface area contributed by atoms with Crippen LogP contribution in [-0.2, 0) is 16.1 Å². The Bertz CT molecular complexity index is 285. The van der Waals surface area contributed by atoms with Crippen molar-refractivity contribution in [2.75, 3.05) is 13.2 Å².